The van der Waals surface area contributed by atoms with E-state index in [1.54, 1.807) is 6.20 Å². The zero-order valence-electron chi connectivity index (χ0n) is 15.6. The number of hydrogen-bond donors (Lipinski definition) is 0. The summed E-state index contributed by atoms with van der Waals surface area (Å²) < 4.78 is 5.72. The maximum absolute atomic E-state index is 13.0. The van der Waals surface area contributed by atoms with Crippen LogP contribution in [0.1, 0.15) is 11.3 Å². The van der Waals surface area contributed by atoms with Crippen molar-refractivity contribution in [3.05, 3.63) is 41.9 Å². The molecule has 0 bridgehead atoms. The molecule has 2 saturated heterocycles. The molecule has 8 nitrogen and oxygen atoms in total. The van der Waals surface area contributed by atoms with E-state index in [2.05, 4.69) is 14.9 Å². The molecule has 2 amide bonds. The van der Waals surface area contributed by atoms with Gasteiger partial charge in [0.2, 0.25) is 0 Å². The predicted molar refractivity (Wildman–Crippen MR) is 102 cm³/mol. The van der Waals surface area contributed by atoms with E-state index in [1.165, 1.54) is 6.20 Å². The molecule has 0 unspecified atom stereocenters. The maximum Gasteiger partial charge on any atom is 0.324 e. The van der Waals surface area contributed by atoms with E-state index in [1.807, 2.05) is 41.0 Å². The Morgan fingerprint density at radius 1 is 1.21 bits per heavy atom. The summed E-state index contributed by atoms with van der Waals surface area (Å²) in [6, 6.07) is 7.98. The molecule has 4 heterocycles. The van der Waals surface area contributed by atoms with Gasteiger partial charge in [-0.15, -0.1) is 0 Å². The van der Waals surface area contributed by atoms with Gasteiger partial charge in [-0.25, -0.2) is 14.8 Å². The molecule has 5 rings (SSSR count). The predicted octanol–water partition coefficient (Wildman–Crippen LogP) is 1.80. The first-order valence-electron chi connectivity index (χ1n) is 9.34. The minimum absolute atomic E-state index is 0.0515. The number of carbonyl (C=O) groups excluding carboxylic acids is 1. The quantitative estimate of drug-likeness (QED) is 0.754. The lowest BCUT2D eigenvalue weighted by Crippen LogP contribution is -2.74. The second kappa shape index (κ2) is 6.09. The lowest BCUT2D eigenvalue weighted by atomic mass is 9.73. The highest BCUT2D eigenvalue weighted by Crippen LogP contribution is 2.42. The first kappa shape index (κ1) is 16.8. The van der Waals surface area contributed by atoms with Gasteiger partial charge in [0.1, 0.15) is 24.2 Å². The molecule has 1 aromatic carbocycles. The Labute approximate surface area is 163 Å². The summed E-state index contributed by atoms with van der Waals surface area (Å²) in [5.41, 5.74) is 2.44. The van der Waals surface area contributed by atoms with Gasteiger partial charge in [0.25, 0.3) is 0 Å². The van der Waals surface area contributed by atoms with Crippen LogP contribution < -0.4 is 14.5 Å². The zero-order chi connectivity index (χ0) is 19.3. The van der Waals surface area contributed by atoms with Crippen molar-refractivity contribution in [2.45, 2.75) is 6.92 Å². The van der Waals surface area contributed by atoms with Crippen molar-refractivity contribution >= 4 is 17.5 Å². The average molecular weight is 376 g/mol. The molecule has 0 radical (unpaired) electrons. The summed E-state index contributed by atoms with van der Waals surface area (Å²) in [7, 11) is 0. The van der Waals surface area contributed by atoms with Crippen molar-refractivity contribution in [1.82, 2.24) is 14.9 Å². The van der Waals surface area contributed by atoms with Crippen molar-refractivity contribution in [3.8, 4) is 11.8 Å². The molecule has 1 aromatic heterocycles. The SMILES string of the molecule is Cc1ccc2c(c1)OCCN2C(=O)N1CC2(C1)CN(c1cnc(C#N)cn1)C2. The number of hydrogen-bond acceptors (Lipinski definition) is 6. The van der Waals surface area contributed by atoms with Gasteiger partial charge in [0.05, 0.1) is 24.6 Å². The molecule has 0 N–H and O–H groups in total. The van der Waals surface area contributed by atoms with Crippen molar-refractivity contribution in [1.29, 1.82) is 5.26 Å². The van der Waals surface area contributed by atoms with Crippen LogP contribution in [0, 0.1) is 23.7 Å². The highest BCUT2D eigenvalue weighted by Gasteiger charge is 2.54. The number of likely N-dealkylation sites (tertiary alicyclic amines) is 1. The largest absolute Gasteiger partial charge is 0.490 e. The number of urea groups is 1. The van der Waals surface area contributed by atoms with Crippen LogP contribution in [0.15, 0.2) is 30.6 Å². The van der Waals surface area contributed by atoms with Crippen molar-refractivity contribution < 1.29 is 9.53 Å². The third-order valence-corrected chi connectivity index (χ3v) is 5.66. The van der Waals surface area contributed by atoms with Gasteiger partial charge in [0.15, 0.2) is 5.69 Å². The minimum Gasteiger partial charge on any atom is -0.490 e. The Hall–Kier alpha value is -3.34. The fourth-order valence-corrected chi connectivity index (χ4v) is 4.26. The van der Waals surface area contributed by atoms with Crippen LogP contribution in [-0.4, -0.2) is 60.2 Å². The molecule has 142 valence electrons. The Morgan fingerprint density at radius 3 is 2.75 bits per heavy atom. The number of aryl methyl sites for hydroxylation is 1. The van der Waals surface area contributed by atoms with Gasteiger partial charge in [-0.3, -0.25) is 4.90 Å². The van der Waals surface area contributed by atoms with Crippen LogP contribution in [0.5, 0.6) is 5.75 Å². The number of ether oxygens (including phenoxy) is 1. The Balaban J connectivity index is 1.21. The van der Waals surface area contributed by atoms with Crippen LogP contribution >= 0.6 is 0 Å². The highest BCUT2D eigenvalue weighted by atomic mass is 16.5. The highest BCUT2D eigenvalue weighted by molar-refractivity contribution is 5.94. The summed E-state index contributed by atoms with van der Waals surface area (Å²) in [6.07, 6.45) is 3.13. The molecule has 3 aliphatic rings. The van der Waals surface area contributed by atoms with E-state index in [0.29, 0.717) is 18.8 Å². The Kier molecular flexibility index (Phi) is 3.66. The summed E-state index contributed by atoms with van der Waals surface area (Å²) in [6.45, 7) is 6.34. The van der Waals surface area contributed by atoms with Gasteiger partial charge in [-0.05, 0) is 24.6 Å². The van der Waals surface area contributed by atoms with Gasteiger partial charge in [-0.2, -0.15) is 5.26 Å². The topological polar surface area (TPSA) is 85.6 Å². The lowest BCUT2D eigenvalue weighted by molar-refractivity contribution is 0.00925. The van der Waals surface area contributed by atoms with E-state index >= 15 is 0 Å². The monoisotopic (exact) mass is 376 g/mol. The second-order valence-corrected chi connectivity index (χ2v) is 7.84. The molecular weight excluding hydrogens is 356 g/mol. The number of aromatic nitrogens is 2. The molecule has 1 spiro atoms. The standard InChI is InChI=1S/C20H20N6O2/c1-14-2-3-16-17(6-14)28-5-4-26(16)19(27)25-12-20(13-25)10-24(11-20)18-9-22-15(7-21)8-23-18/h2-3,6,8-9H,4-5,10-13H2,1H3. The second-order valence-electron chi connectivity index (χ2n) is 7.84. The number of anilines is 2. The molecule has 2 fully saturated rings. The summed E-state index contributed by atoms with van der Waals surface area (Å²) in [5.74, 6) is 1.57. The first-order valence-corrected chi connectivity index (χ1v) is 9.34. The Morgan fingerprint density at radius 2 is 2.04 bits per heavy atom. The minimum atomic E-state index is 0.0515. The van der Waals surface area contributed by atoms with Crippen LogP contribution in [0.25, 0.3) is 0 Å². The number of fused-ring (bicyclic) bond motifs is 1. The number of nitriles is 1. The number of nitrogens with zero attached hydrogens (tertiary/aromatic N) is 6. The molecule has 2 aromatic rings. The van der Waals surface area contributed by atoms with Crippen molar-refractivity contribution in [2.75, 3.05) is 49.1 Å². The number of benzene rings is 1. The number of rotatable bonds is 1. The number of amides is 2. The van der Waals surface area contributed by atoms with Crippen LogP contribution in [0.4, 0.5) is 16.3 Å². The smallest absolute Gasteiger partial charge is 0.324 e. The number of carbonyl (C=O) groups is 1. The van der Waals surface area contributed by atoms with Crippen molar-refractivity contribution in [2.24, 2.45) is 5.41 Å². The van der Waals surface area contributed by atoms with E-state index in [-0.39, 0.29) is 11.4 Å². The maximum atomic E-state index is 13.0. The van der Waals surface area contributed by atoms with Gasteiger partial charge in [0, 0.05) is 31.6 Å². The lowest BCUT2D eigenvalue weighted by Gasteiger charge is -2.60. The van der Waals surface area contributed by atoms with E-state index in [9.17, 15) is 4.79 Å². The van der Waals surface area contributed by atoms with Gasteiger partial charge < -0.3 is 14.5 Å². The molecular formula is C20H20N6O2. The van der Waals surface area contributed by atoms with Gasteiger partial charge in [-0.1, -0.05) is 6.07 Å². The molecule has 28 heavy (non-hydrogen) atoms. The Bertz CT molecular complexity index is 969. The fraction of sp³-hybridized carbons (Fsp3) is 0.400. The van der Waals surface area contributed by atoms with Crippen LogP contribution in [-0.2, 0) is 0 Å². The fourth-order valence-electron chi connectivity index (χ4n) is 4.26. The third kappa shape index (κ3) is 2.62. The van der Waals surface area contributed by atoms with Crippen LogP contribution in [0.3, 0.4) is 0 Å². The van der Waals surface area contributed by atoms with E-state index < -0.39 is 0 Å². The zero-order valence-corrected chi connectivity index (χ0v) is 15.6. The molecule has 0 atom stereocenters. The first-order chi connectivity index (χ1) is 13.6. The van der Waals surface area contributed by atoms with E-state index in [4.69, 9.17) is 10.00 Å². The molecule has 8 heteroatoms. The molecule has 3 aliphatic heterocycles. The van der Waals surface area contributed by atoms with Crippen molar-refractivity contribution in [3.63, 3.8) is 0 Å². The molecule has 0 aliphatic carbocycles. The molecule has 0 saturated carbocycles. The third-order valence-electron chi connectivity index (χ3n) is 5.66. The average Bonchev–Trinajstić information content (AvgIpc) is 2.65. The van der Waals surface area contributed by atoms with E-state index in [0.717, 1.165) is 49.0 Å². The summed E-state index contributed by atoms with van der Waals surface area (Å²) >= 11 is 0. The van der Waals surface area contributed by atoms with Crippen LogP contribution in [0.2, 0.25) is 0 Å². The van der Waals surface area contributed by atoms with Gasteiger partial charge >= 0.3 is 6.03 Å². The summed E-state index contributed by atoms with van der Waals surface area (Å²) in [5, 5.41) is 8.82. The normalized spacial score (nSPS) is 19.2. The summed E-state index contributed by atoms with van der Waals surface area (Å²) in [4.78, 5) is 27.3.